The molecule has 1 aromatic carbocycles. The van der Waals surface area contributed by atoms with Gasteiger partial charge in [-0.3, -0.25) is 0 Å². The summed E-state index contributed by atoms with van der Waals surface area (Å²) in [5.74, 6) is 0.743. The molecule has 0 fully saturated rings. The van der Waals surface area contributed by atoms with Gasteiger partial charge in [0.15, 0.2) is 5.22 Å². The highest BCUT2D eigenvalue weighted by Crippen LogP contribution is 2.32. The normalized spacial score (nSPS) is 12.4. The maximum Gasteiger partial charge on any atom is 0.198 e. The molecule has 16 heavy (non-hydrogen) atoms. The first-order valence-electron chi connectivity index (χ1n) is 4.85. The Kier molecular flexibility index (Phi) is 3.17. The van der Waals surface area contributed by atoms with E-state index < -0.39 is 0 Å². The first-order valence-corrected chi connectivity index (χ1v) is 5.23. The zero-order chi connectivity index (χ0) is 11.5. The van der Waals surface area contributed by atoms with Crippen LogP contribution in [0.2, 0.25) is 5.22 Å². The van der Waals surface area contributed by atoms with Crippen LogP contribution in [0.15, 0.2) is 41.0 Å². The van der Waals surface area contributed by atoms with Crippen molar-refractivity contribution in [2.24, 2.45) is 5.73 Å². The van der Waals surface area contributed by atoms with Crippen LogP contribution in [0.4, 0.5) is 0 Å². The number of methoxy groups -OCH3 is 1. The highest BCUT2D eigenvalue weighted by atomic mass is 35.5. The maximum atomic E-state index is 6.11. The van der Waals surface area contributed by atoms with Gasteiger partial charge in [-0.05, 0) is 23.7 Å². The van der Waals surface area contributed by atoms with Crippen LogP contribution in [0.25, 0.3) is 0 Å². The van der Waals surface area contributed by atoms with Crippen LogP contribution in [0.1, 0.15) is 17.2 Å². The van der Waals surface area contributed by atoms with E-state index in [4.69, 9.17) is 26.5 Å². The molecule has 0 saturated carbocycles. The summed E-state index contributed by atoms with van der Waals surface area (Å²) in [5, 5.41) is 0.318. The molecule has 4 heteroatoms. The Bertz CT molecular complexity index is 481. The maximum absolute atomic E-state index is 6.11. The lowest BCUT2D eigenvalue weighted by Gasteiger charge is -2.14. The van der Waals surface area contributed by atoms with Gasteiger partial charge in [0.25, 0.3) is 0 Å². The lowest BCUT2D eigenvalue weighted by atomic mass is 10.0. The molecule has 84 valence electrons. The second-order valence-electron chi connectivity index (χ2n) is 3.37. The van der Waals surface area contributed by atoms with Gasteiger partial charge < -0.3 is 14.9 Å². The van der Waals surface area contributed by atoms with Gasteiger partial charge in [-0.1, -0.05) is 18.2 Å². The van der Waals surface area contributed by atoms with E-state index in [0.29, 0.717) is 5.22 Å². The molecule has 1 heterocycles. The molecule has 2 rings (SSSR count). The topological polar surface area (TPSA) is 48.4 Å². The predicted molar refractivity (Wildman–Crippen MR) is 62.7 cm³/mol. The molecular formula is C12H12ClNO2. The molecule has 2 N–H and O–H groups in total. The zero-order valence-electron chi connectivity index (χ0n) is 8.81. The monoisotopic (exact) mass is 237 g/mol. The Morgan fingerprint density at radius 2 is 2.00 bits per heavy atom. The van der Waals surface area contributed by atoms with E-state index in [0.717, 1.165) is 16.9 Å². The quantitative estimate of drug-likeness (QED) is 0.893. The van der Waals surface area contributed by atoms with Crippen LogP contribution in [0.5, 0.6) is 5.75 Å². The van der Waals surface area contributed by atoms with Crippen LogP contribution in [0.3, 0.4) is 0 Å². The Morgan fingerprint density at radius 1 is 1.25 bits per heavy atom. The average Bonchev–Trinajstić information content (AvgIpc) is 2.74. The summed E-state index contributed by atoms with van der Waals surface area (Å²) in [7, 11) is 1.61. The van der Waals surface area contributed by atoms with Gasteiger partial charge in [-0.2, -0.15) is 0 Å². The standard InChI is InChI=1S/C12H12ClNO2/c1-15-10-5-3-2-4-8(10)11(14)9-6-7-16-12(9)13/h2-7,11H,14H2,1H3. The number of rotatable bonds is 3. The van der Waals surface area contributed by atoms with E-state index in [1.165, 1.54) is 6.26 Å². The van der Waals surface area contributed by atoms with Crippen molar-refractivity contribution in [3.05, 3.63) is 52.9 Å². The van der Waals surface area contributed by atoms with Gasteiger partial charge in [-0.25, -0.2) is 0 Å². The summed E-state index contributed by atoms with van der Waals surface area (Å²) in [6.45, 7) is 0. The van der Waals surface area contributed by atoms with Crippen molar-refractivity contribution in [2.75, 3.05) is 7.11 Å². The molecule has 1 atom stereocenters. The Hall–Kier alpha value is -1.45. The van der Waals surface area contributed by atoms with Gasteiger partial charge in [0.05, 0.1) is 19.4 Å². The fourth-order valence-corrected chi connectivity index (χ4v) is 1.85. The fourth-order valence-electron chi connectivity index (χ4n) is 1.62. The van der Waals surface area contributed by atoms with Crippen molar-refractivity contribution >= 4 is 11.6 Å². The molecule has 1 unspecified atom stereocenters. The minimum atomic E-state index is -0.345. The van der Waals surface area contributed by atoms with Gasteiger partial charge >= 0.3 is 0 Å². The summed E-state index contributed by atoms with van der Waals surface area (Å²) in [6.07, 6.45) is 1.52. The van der Waals surface area contributed by atoms with E-state index in [1.54, 1.807) is 13.2 Å². The smallest absolute Gasteiger partial charge is 0.198 e. The number of nitrogens with two attached hydrogens (primary N) is 1. The van der Waals surface area contributed by atoms with Crippen LogP contribution < -0.4 is 10.5 Å². The number of hydrogen-bond donors (Lipinski definition) is 1. The van der Waals surface area contributed by atoms with Crippen molar-refractivity contribution in [2.45, 2.75) is 6.04 Å². The van der Waals surface area contributed by atoms with E-state index in [2.05, 4.69) is 0 Å². The van der Waals surface area contributed by atoms with Crippen LogP contribution in [-0.4, -0.2) is 7.11 Å². The number of hydrogen-bond acceptors (Lipinski definition) is 3. The predicted octanol–water partition coefficient (Wildman–Crippen LogP) is 2.99. The first-order chi connectivity index (χ1) is 7.74. The lowest BCUT2D eigenvalue weighted by molar-refractivity contribution is 0.408. The second-order valence-corrected chi connectivity index (χ2v) is 3.71. The Balaban J connectivity index is 2.41. The highest BCUT2D eigenvalue weighted by Gasteiger charge is 2.17. The van der Waals surface area contributed by atoms with Gasteiger partial charge in [-0.15, -0.1) is 0 Å². The molecule has 3 nitrogen and oxygen atoms in total. The summed E-state index contributed by atoms with van der Waals surface area (Å²) in [4.78, 5) is 0. The Labute approximate surface area is 98.8 Å². The molecule has 0 saturated heterocycles. The molecule has 0 amide bonds. The molecule has 1 aromatic heterocycles. The molecule has 0 spiro atoms. The third kappa shape index (κ3) is 1.92. The molecule has 0 radical (unpaired) electrons. The number of halogens is 1. The summed E-state index contributed by atoms with van der Waals surface area (Å²) in [6, 6.07) is 9.00. The van der Waals surface area contributed by atoms with Gasteiger partial charge in [0.2, 0.25) is 0 Å². The lowest BCUT2D eigenvalue weighted by Crippen LogP contribution is -2.12. The molecule has 0 aliphatic heterocycles. The number of ether oxygens (including phenoxy) is 1. The van der Waals surface area contributed by atoms with E-state index in [1.807, 2.05) is 24.3 Å². The van der Waals surface area contributed by atoms with E-state index >= 15 is 0 Å². The van der Waals surface area contributed by atoms with Crippen molar-refractivity contribution in [1.82, 2.24) is 0 Å². The zero-order valence-corrected chi connectivity index (χ0v) is 9.57. The molecular weight excluding hydrogens is 226 g/mol. The summed E-state index contributed by atoms with van der Waals surface area (Å²) >= 11 is 5.89. The van der Waals surface area contributed by atoms with Crippen molar-refractivity contribution < 1.29 is 9.15 Å². The third-order valence-corrected chi connectivity index (χ3v) is 2.76. The average molecular weight is 238 g/mol. The van der Waals surface area contributed by atoms with Gasteiger partial charge in [0, 0.05) is 11.1 Å². The fraction of sp³-hybridized carbons (Fsp3) is 0.167. The first kappa shape index (κ1) is 11.0. The van der Waals surface area contributed by atoms with Crippen molar-refractivity contribution in [3.8, 4) is 5.75 Å². The molecule has 2 aromatic rings. The second kappa shape index (κ2) is 4.60. The SMILES string of the molecule is COc1ccccc1C(N)c1ccoc1Cl. The van der Waals surface area contributed by atoms with Crippen molar-refractivity contribution in [1.29, 1.82) is 0 Å². The van der Waals surface area contributed by atoms with E-state index in [9.17, 15) is 0 Å². The summed E-state index contributed by atoms with van der Waals surface area (Å²) in [5.41, 5.74) is 7.75. The van der Waals surface area contributed by atoms with E-state index in [-0.39, 0.29) is 6.04 Å². The van der Waals surface area contributed by atoms with Crippen LogP contribution in [-0.2, 0) is 0 Å². The van der Waals surface area contributed by atoms with Crippen LogP contribution >= 0.6 is 11.6 Å². The third-order valence-electron chi connectivity index (χ3n) is 2.46. The molecule has 0 bridgehead atoms. The Morgan fingerprint density at radius 3 is 2.62 bits per heavy atom. The number of furan rings is 1. The van der Waals surface area contributed by atoms with Crippen LogP contribution in [0, 0.1) is 0 Å². The van der Waals surface area contributed by atoms with Gasteiger partial charge in [0.1, 0.15) is 5.75 Å². The number of benzene rings is 1. The minimum absolute atomic E-state index is 0.318. The van der Waals surface area contributed by atoms with Crippen molar-refractivity contribution in [3.63, 3.8) is 0 Å². The molecule has 0 aliphatic carbocycles. The summed E-state index contributed by atoms with van der Waals surface area (Å²) < 4.78 is 10.3. The largest absolute Gasteiger partial charge is 0.496 e. The number of para-hydroxylation sites is 1. The molecule has 0 aliphatic rings. The minimum Gasteiger partial charge on any atom is -0.496 e. The highest BCUT2D eigenvalue weighted by molar-refractivity contribution is 6.29.